The van der Waals surface area contributed by atoms with E-state index in [0.717, 1.165) is 24.3 Å². The lowest BCUT2D eigenvalue weighted by atomic mass is 9.87. The van der Waals surface area contributed by atoms with Gasteiger partial charge in [-0.3, -0.25) is 9.78 Å². The van der Waals surface area contributed by atoms with E-state index < -0.39 is 0 Å². The highest BCUT2D eigenvalue weighted by molar-refractivity contribution is 5.96. The van der Waals surface area contributed by atoms with Crippen LogP contribution in [0, 0.1) is 0 Å². The smallest absolute Gasteiger partial charge is 0.231 e. The Balaban J connectivity index is 1.74. The van der Waals surface area contributed by atoms with Crippen LogP contribution < -0.4 is 19.1 Å². The Hall–Kier alpha value is -2.60. The fourth-order valence-electron chi connectivity index (χ4n) is 3.73. The van der Waals surface area contributed by atoms with Crippen molar-refractivity contribution in [1.29, 1.82) is 0 Å². The van der Waals surface area contributed by atoms with Gasteiger partial charge in [0.2, 0.25) is 12.5 Å². The van der Waals surface area contributed by atoms with Crippen LogP contribution in [0.1, 0.15) is 33.9 Å². The summed E-state index contributed by atoms with van der Waals surface area (Å²) in [6, 6.07) is 5.65. The molecule has 25 heavy (non-hydrogen) atoms. The van der Waals surface area contributed by atoms with Gasteiger partial charge in [0.05, 0.1) is 32.7 Å². The number of likely N-dealkylation sites (N-methyl/N-ethyl adjacent to an activating group) is 1. The second-order valence-electron chi connectivity index (χ2n) is 6.48. The van der Waals surface area contributed by atoms with E-state index in [0.29, 0.717) is 23.5 Å². The van der Waals surface area contributed by atoms with Crippen molar-refractivity contribution < 1.29 is 23.9 Å². The molecule has 0 saturated heterocycles. The zero-order valence-electron chi connectivity index (χ0n) is 14.4. The highest BCUT2D eigenvalue weighted by atomic mass is 16.7. The van der Waals surface area contributed by atoms with Gasteiger partial charge in [0.25, 0.3) is 0 Å². The van der Waals surface area contributed by atoms with Crippen molar-refractivity contribution in [2.24, 2.45) is 0 Å². The molecule has 0 bridgehead atoms. The SMILES string of the molecule is COc1c2c(cc3c1[C@H](CC(=O)c1cccnc1)[NH+](C)CC3)OCO2. The average Bonchev–Trinajstić information content (AvgIpc) is 3.11. The second kappa shape index (κ2) is 6.37. The molecule has 6 heteroatoms. The number of quaternary nitrogens is 1. The summed E-state index contributed by atoms with van der Waals surface area (Å²) in [7, 11) is 3.76. The van der Waals surface area contributed by atoms with Crippen LogP contribution in [0.5, 0.6) is 17.2 Å². The molecule has 1 unspecified atom stereocenters. The molecular weight excluding hydrogens is 320 g/mol. The number of rotatable bonds is 4. The number of carbonyl (C=O) groups excluding carboxylic acids is 1. The molecule has 1 N–H and O–H groups in total. The number of methoxy groups -OCH3 is 1. The van der Waals surface area contributed by atoms with Crippen LogP contribution in [-0.2, 0) is 6.42 Å². The van der Waals surface area contributed by atoms with E-state index in [1.165, 1.54) is 10.5 Å². The predicted molar refractivity (Wildman–Crippen MR) is 90.5 cm³/mol. The van der Waals surface area contributed by atoms with Crippen molar-refractivity contribution >= 4 is 5.78 Å². The highest BCUT2D eigenvalue weighted by Gasteiger charge is 2.37. The zero-order chi connectivity index (χ0) is 17.4. The number of hydrogen-bond donors (Lipinski definition) is 1. The first-order valence-electron chi connectivity index (χ1n) is 8.44. The molecule has 1 aromatic heterocycles. The van der Waals surface area contributed by atoms with Crippen molar-refractivity contribution in [2.75, 3.05) is 27.5 Å². The monoisotopic (exact) mass is 341 g/mol. The fraction of sp³-hybridized carbons (Fsp3) is 0.368. The Morgan fingerprint density at radius 2 is 2.32 bits per heavy atom. The molecule has 0 fully saturated rings. The van der Waals surface area contributed by atoms with E-state index in [2.05, 4.69) is 12.0 Å². The minimum atomic E-state index is 0.0147. The number of ketones is 1. The number of nitrogens with zero attached hydrogens (tertiary/aromatic N) is 1. The van der Waals surface area contributed by atoms with E-state index in [-0.39, 0.29) is 18.6 Å². The molecule has 3 heterocycles. The van der Waals surface area contributed by atoms with Gasteiger partial charge in [-0.1, -0.05) is 0 Å². The van der Waals surface area contributed by atoms with Gasteiger partial charge in [0.15, 0.2) is 17.3 Å². The topological polar surface area (TPSA) is 62.1 Å². The number of pyridine rings is 1. The Morgan fingerprint density at radius 3 is 3.08 bits per heavy atom. The number of aromatic nitrogens is 1. The van der Waals surface area contributed by atoms with Crippen molar-refractivity contribution in [3.63, 3.8) is 0 Å². The largest absolute Gasteiger partial charge is 0.492 e. The minimum absolute atomic E-state index is 0.0147. The summed E-state index contributed by atoms with van der Waals surface area (Å²) in [5, 5.41) is 0. The Bertz CT molecular complexity index is 807. The molecule has 0 saturated carbocycles. The molecule has 1 aromatic carbocycles. The number of carbonyl (C=O) groups is 1. The summed E-state index contributed by atoms with van der Waals surface area (Å²) in [5.41, 5.74) is 2.88. The van der Waals surface area contributed by atoms with Crippen molar-refractivity contribution in [3.8, 4) is 17.2 Å². The lowest BCUT2D eigenvalue weighted by Crippen LogP contribution is -3.10. The second-order valence-corrected chi connectivity index (χ2v) is 6.48. The first-order valence-corrected chi connectivity index (χ1v) is 8.44. The van der Waals surface area contributed by atoms with Gasteiger partial charge in [-0.2, -0.15) is 0 Å². The summed E-state index contributed by atoms with van der Waals surface area (Å²) < 4.78 is 16.8. The molecule has 6 nitrogen and oxygen atoms in total. The summed E-state index contributed by atoms with van der Waals surface area (Å²) >= 11 is 0. The van der Waals surface area contributed by atoms with Crippen LogP contribution in [0.3, 0.4) is 0 Å². The lowest BCUT2D eigenvalue weighted by Gasteiger charge is -2.32. The molecule has 2 aromatic rings. The molecule has 0 aliphatic carbocycles. The third-order valence-corrected chi connectivity index (χ3v) is 5.05. The molecule has 130 valence electrons. The first-order chi connectivity index (χ1) is 12.2. The van der Waals surface area contributed by atoms with Gasteiger partial charge in [-0.25, -0.2) is 0 Å². The molecule has 0 amide bonds. The molecule has 2 atom stereocenters. The number of Topliss-reactive ketones (excluding diaryl/α,β-unsaturated/α-hetero) is 1. The third-order valence-electron chi connectivity index (χ3n) is 5.05. The quantitative estimate of drug-likeness (QED) is 0.847. The molecular formula is C19H21N2O4+. The Morgan fingerprint density at radius 1 is 1.44 bits per heavy atom. The van der Waals surface area contributed by atoms with E-state index in [4.69, 9.17) is 14.2 Å². The summed E-state index contributed by atoms with van der Waals surface area (Å²) in [4.78, 5) is 18.1. The van der Waals surface area contributed by atoms with Gasteiger partial charge in [-0.15, -0.1) is 0 Å². The standard InChI is InChI=1S/C19H20N2O4/c1-21-7-5-12-8-16-18(25-11-24-16)19(23-2)17(12)14(21)9-15(22)13-4-3-6-20-10-13/h3-4,6,8,10,14H,5,7,9,11H2,1-2H3/p+1/t14-/m0/s1. The average molecular weight is 341 g/mol. The maximum atomic E-state index is 12.8. The van der Waals surface area contributed by atoms with Crippen LogP contribution in [-0.4, -0.2) is 38.3 Å². The van der Waals surface area contributed by atoms with Crippen molar-refractivity contribution in [1.82, 2.24) is 4.98 Å². The minimum Gasteiger partial charge on any atom is -0.492 e. The third kappa shape index (κ3) is 2.72. The zero-order valence-corrected chi connectivity index (χ0v) is 14.4. The van der Waals surface area contributed by atoms with Gasteiger partial charge < -0.3 is 19.1 Å². The summed E-state index contributed by atoms with van der Waals surface area (Å²) in [5.74, 6) is 2.17. The molecule has 2 aliphatic heterocycles. The van der Waals surface area contributed by atoms with E-state index in [9.17, 15) is 4.79 Å². The lowest BCUT2D eigenvalue weighted by molar-refractivity contribution is -0.913. The first kappa shape index (κ1) is 15.9. The molecule has 2 aliphatic rings. The van der Waals surface area contributed by atoms with Crippen LogP contribution in [0.15, 0.2) is 30.6 Å². The maximum absolute atomic E-state index is 12.8. The van der Waals surface area contributed by atoms with Crippen LogP contribution in [0.4, 0.5) is 0 Å². The van der Waals surface area contributed by atoms with E-state index in [1.807, 2.05) is 12.1 Å². The van der Waals surface area contributed by atoms with E-state index >= 15 is 0 Å². The normalized spacial score (nSPS) is 20.9. The summed E-state index contributed by atoms with van der Waals surface area (Å²) in [6.07, 6.45) is 4.62. The van der Waals surface area contributed by atoms with Crippen molar-refractivity contribution in [3.05, 3.63) is 47.3 Å². The van der Waals surface area contributed by atoms with Crippen LogP contribution in [0.2, 0.25) is 0 Å². The number of ether oxygens (including phenoxy) is 3. The van der Waals surface area contributed by atoms with Gasteiger partial charge in [-0.05, 0) is 23.8 Å². The maximum Gasteiger partial charge on any atom is 0.231 e. The van der Waals surface area contributed by atoms with Crippen molar-refractivity contribution in [2.45, 2.75) is 18.9 Å². The van der Waals surface area contributed by atoms with Gasteiger partial charge in [0.1, 0.15) is 6.04 Å². The van der Waals surface area contributed by atoms with Gasteiger partial charge >= 0.3 is 0 Å². The van der Waals surface area contributed by atoms with E-state index in [1.54, 1.807) is 25.6 Å². The van der Waals surface area contributed by atoms with Gasteiger partial charge in [0, 0.05) is 24.4 Å². The molecule has 0 spiro atoms. The Labute approximate surface area is 146 Å². The summed E-state index contributed by atoms with van der Waals surface area (Å²) in [6.45, 7) is 1.16. The molecule has 0 radical (unpaired) electrons. The number of hydrogen-bond acceptors (Lipinski definition) is 5. The number of benzene rings is 1. The molecule has 4 rings (SSSR count). The number of fused-ring (bicyclic) bond motifs is 2. The number of nitrogens with one attached hydrogen (secondary N) is 1. The van der Waals surface area contributed by atoms with Crippen LogP contribution >= 0.6 is 0 Å². The Kier molecular flexibility index (Phi) is 4.05. The van der Waals surface area contributed by atoms with Crippen LogP contribution in [0.25, 0.3) is 0 Å². The fourth-order valence-corrected chi connectivity index (χ4v) is 3.73. The highest BCUT2D eigenvalue weighted by Crippen LogP contribution is 2.47. The predicted octanol–water partition coefficient (Wildman–Crippen LogP) is 1.20.